The summed E-state index contributed by atoms with van der Waals surface area (Å²) in [4.78, 5) is 4.34. The summed E-state index contributed by atoms with van der Waals surface area (Å²) in [6.45, 7) is 1.78. The van der Waals surface area contributed by atoms with Crippen LogP contribution in [0.3, 0.4) is 0 Å². The molecular weight excluding hydrogens is 246 g/mol. The van der Waals surface area contributed by atoms with E-state index in [-0.39, 0.29) is 5.75 Å². The van der Waals surface area contributed by atoms with Crippen molar-refractivity contribution in [2.75, 3.05) is 0 Å². The predicted octanol–water partition coefficient (Wildman–Crippen LogP) is 2.61. The van der Waals surface area contributed by atoms with E-state index in [1.54, 1.807) is 6.92 Å². The van der Waals surface area contributed by atoms with E-state index in [9.17, 15) is 8.42 Å². The Morgan fingerprint density at radius 1 is 1.31 bits per heavy atom. The largest absolute Gasteiger partial charge is 0.253 e. The van der Waals surface area contributed by atoms with Crippen LogP contribution < -0.4 is 0 Å². The Kier molecular flexibility index (Phi) is 2.86. The highest BCUT2D eigenvalue weighted by atomic mass is 35.7. The van der Waals surface area contributed by atoms with Gasteiger partial charge in [-0.25, -0.2) is 8.42 Å². The normalized spacial score (nSPS) is 11.9. The maximum atomic E-state index is 11.0. The van der Waals surface area contributed by atoms with Gasteiger partial charge in [0, 0.05) is 21.8 Å². The molecule has 5 heteroatoms. The molecule has 3 nitrogen and oxygen atoms in total. The fourth-order valence-corrected chi connectivity index (χ4v) is 2.60. The van der Waals surface area contributed by atoms with Crippen LogP contribution in [0.25, 0.3) is 10.9 Å². The van der Waals surface area contributed by atoms with Gasteiger partial charge in [0.15, 0.2) is 0 Å². The van der Waals surface area contributed by atoms with Crippen molar-refractivity contribution in [2.45, 2.75) is 12.7 Å². The monoisotopic (exact) mass is 255 g/mol. The molecule has 0 N–H and O–H groups in total. The number of aromatic nitrogens is 1. The Labute approximate surface area is 98.5 Å². The van der Waals surface area contributed by atoms with E-state index in [1.807, 2.05) is 30.3 Å². The summed E-state index contributed by atoms with van der Waals surface area (Å²) in [5, 5.41) is 0.920. The molecule has 0 saturated carbocycles. The number of hydrogen-bond acceptors (Lipinski definition) is 3. The lowest BCUT2D eigenvalue weighted by atomic mass is 10.1. The number of fused-ring (bicyclic) bond motifs is 1. The van der Waals surface area contributed by atoms with Gasteiger partial charge in [0.25, 0.3) is 0 Å². The van der Waals surface area contributed by atoms with Crippen LogP contribution in [-0.4, -0.2) is 13.4 Å². The van der Waals surface area contributed by atoms with Crippen LogP contribution in [0.4, 0.5) is 0 Å². The van der Waals surface area contributed by atoms with E-state index in [0.29, 0.717) is 11.3 Å². The number of nitrogens with zero attached hydrogens (tertiary/aromatic N) is 1. The highest BCUT2D eigenvalue weighted by Gasteiger charge is 2.11. The maximum absolute atomic E-state index is 11.0. The van der Waals surface area contributed by atoms with Gasteiger partial charge in [-0.05, 0) is 24.6 Å². The van der Waals surface area contributed by atoms with Crippen LogP contribution in [0.15, 0.2) is 30.3 Å². The number of pyridine rings is 1. The number of halogens is 1. The molecule has 0 aliphatic heterocycles. The summed E-state index contributed by atoms with van der Waals surface area (Å²) in [5.41, 5.74) is 2.20. The summed E-state index contributed by atoms with van der Waals surface area (Å²) in [7, 11) is 1.70. The van der Waals surface area contributed by atoms with Crippen LogP contribution in [-0.2, 0) is 14.8 Å². The first-order valence-electron chi connectivity index (χ1n) is 4.73. The van der Waals surface area contributed by atoms with Gasteiger partial charge in [0.2, 0.25) is 9.05 Å². The molecule has 2 rings (SSSR count). The third-order valence-corrected chi connectivity index (χ3v) is 3.33. The van der Waals surface area contributed by atoms with Crippen molar-refractivity contribution in [3.63, 3.8) is 0 Å². The van der Waals surface area contributed by atoms with Crippen LogP contribution >= 0.6 is 10.7 Å². The lowest BCUT2D eigenvalue weighted by Crippen LogP contribution is -1.99. The smallest absolute Gasteiger partial charge is 0.236 e. The number of para-hydroxylation sites is 1. The molecule has 0 aliphatic carbocycles. The molecule has 0 fully saturated rings. The zero-order valence-electron chi connectivity index (χ0n) is 8.64. The molecule has 0 spiro atoms. The lowest BCUT2D eigenvalue weighted by Gasteiger charge is -2.05. The van der Waals surface area contributed by atoms with Crippen molar-refractivity contribution in [1.29, 1.82) is 0 Å². The number of benzene rings is 1. The molecule has 0 saturated heterocycles. The van der Waals surface area contributed by atoms with Crippen molar-refractivity contribution < 1.29 is 8.42 Å². The second-order valence-corrected chi connectivity index (χ2v) is 6.39. The van der Waals surface area contributed by atoms with Crippen molar-refractivity contribution in [2.24, 2.45) is 0 Å². The number of hydrogen-bond donors (Lipinski definition) is 0. The van der Waals surface area contributed by atoms with Crippen molar-refractivity contribution in [3.05, 3.63) is 41.6 Å². The Morgan fingerprint density at radius 2 is 2.00 bits per heavy atom. The highest BCUT2D eigenvalue weighted by molar-refractivity contribution is 8.13. The molecule has 0 atom stereocenters. The third kappa shape index (κ3) is 2.51. The van der Waals surface area contributed by atoms with E-state index in [1.165, 1.54) is 0 Å². The summed E-state index contributed by atoms with van der Waals surface area (Å²) in [6.07, 6.45) is 0. The topological polar surface area (TPSA) is 47.0 Å². The summed E-state index contributed by atoms with van der Waals surface area (Å²) in [5.74, 6) is -0.182. The Balaban J connectivity index is 2.58. The van der Waals surface area contributed by atoms with Gasteiger partial charge in [-0.1, -0.05) is 18.2 Å². The third-order valence-electron chi connectivity index (χ3n) is 2.35. The second kappa shape index (κ2) is 4.03. The standard InChI is InChI=1S/C11H10ClNO2S/c1-8-10(7-16(12,14)15)6-9-4-2-3-5-11(9)13-8/h2-6H,7H2,1H3. The van der Waals surface area contributed by atoms with Gasteiger partial charge in [-0.15, -0.1) is 0 Å². The SMILES string of the molecule is Cc1nc2ccccc2cc1CS(=O)(=O)Cl. The Bertz CT molecular complexity index is 637. The molecule has 0 unspecified atom stereocenters. The van der Waals surface area contributed by atoms with Gasteiger partial charge in [-0.2, -0.15) is 0 Å². The number of aryl methyl sites for hydroxylation is 1. The minimum Gasteiger partial charge on any atom is -0.253 e. The van der Waals surface area contributed by atoms with E-state index >= 15 is 0 Å². The molecule has 1 aromatic carbocycles. The molecule has 84 valence electrons. The van der Waals surface area contributed by atoms with Gasteiger partial charge >= 0.3 is 0 Å². The predicted molar refractivity (Wildman–Crippen MR) is 65.0 cm³/mol. The van der Waals surface area contributed by atoms with Gasteiger partial charge in [0.1, 0.15) is 0 Å². The van der Waals surface area contributed by atoms with Crippen molar-refractivity contribution in [3.8, 4) is 0 Å². The zero-order valence-corrected chi connectivity index (χ0v) is 10.2. The molecule has 1 heterocycles. The van der Waals surface area contributed by atoms with Crippen LogP contribution in [0.1, 0.15) is 11.3 Å². The first-order valence-corrected chi connectivity index (χ1v) is 7.21. The van der Waals surface area contributed by atoms with Crippen LogP contribution in [0.2, 0.25) is 0 Å². The fourth-order valence-electron chi connectivity index (χ4n) is 1.59. The highest BCUT2D eigenvalue weighted by Crippen LogP contribution is 2.19. The summed E-state index contributed by atoms with van der Waals surface area (Å²) < 4.78 is 22.1. The Hall–Kier alpha value is -1.13. The molecule has 2 aromatic rings. The van der Waals surface area contributed by atoms with Gasteiger partial charge in [0.05, 0.1) is 11.3 Å². The summed E-state index contributed by atoms with van der Waals surface area (Å²) in [6, 6.07) is 9.39. The molecule has 16 heavy (non-hydrogen) atoms. The molecule has 0 amide bonds. The first kappa shape index (κ1) is 11.4. The minimum atomic E-state index is -3.54. The average molecular weight is 256 g/mol. The zero-order chi connectivity index (χ0) is 11.8. The number of rotatable bonds is 2. The molecule has 0 aliphatic rings. The van der Waals surface area contributed by atoms with Crippen LogP contribution in [0.5, 0.6) is 0 Å². The quantitative estimate of drug-likeness (QED) is 0.775. The molecule has 1 aromatic heterocycles. The van der Waals surface area contributed by atoms with E-state index in [4.69, 9.17) is 10.7 Å². The molecular formula is C11H10ClNO2S. The fraction of sp³-hybridized carbons (Fsp3) is 0.182. The van der Waals surface area contributed by atoms with E-state index in [0.717, 1.165) is 10.9 Å². The first-order chi connectivity index (χ1) is 7.46. The maximum Gasteiger partial charge on any atom is 0.236 e. The molecule has 0 bridgehead atoms. The van der Waals surface area contributed by atoms with Gasteiger partial charge < -0.3 is 0 Å². The Morgan fingerprint density at radius 3 is 2.69 bits per heavy atom. The van der Waals surface area contributed by atoms with E-state index in [2.05, 4.69) is 4.98 Å². The van der Waals surface area contributed by atoms with Gasteiger partial charge in [-0.3, -0.25) is 4.98 Å². The van der Waals surface area contributed by atoms with E-state index < -0.39 is 9.05 Å². The lowest BCUT2D eigenvalue weighted by molar-refractivity contribution is 0.608. The summed E-state index contributed by atoms with van der Waals surface area (Å²) >= 11 is 0. The van der Waals surface area contributed by atoms with Crippen molar-refractivity contribution in [1.82, 2.24) is 4.98 Å². The minimum absolute atomic E-state index is 0.182. The second-order valence-electron chi connectivity index (χ2n) is 3.61. The van der Waals surface area contributed by atoms with Crippen molar-refractivity contribution >= 4 is 30.6 Å². The molecule has 0 radical (unpaired) electrons. The average Bonchev–Trinajstić information content (AvgIpc) is 2.17. The van der Waals surface area contributed by atoms with Crippen LogP contribution in [0, 0.1) is 6.92 Å².